The molecule has 0 aromatic carbocycles. The summed E-state index contributed by atoms with van der Waals surface area (Å²) in [5.74, 6) is 1.28. The van der Waals surface area contributed by atoms with E-state index >= 15 is 0 Å². The molecule has 1 saturated heterocycles. The Bertz CT molecular complexity index is 599. The monoisotopic (exact) mass is 348 g/mol. The molecule has 2 heterocycles. The fraction of sp³-hybridized carbons (Fsp3) is 0.737. The average Bonchev–Trinajstić information content (AvgIpc) is 2.64. The summed E-state index contributed by atoms with van der Waals surface area (Å²) in [6.07, 6.45) is 0.908. The van der Waals surface area contributed by atoms with Gasteiger partial charge in [0, 0.05) is 5.54 Å². The van der Waals surface area contributed by atoms with Gasteiger partial charge in [-0.05, 0) is 66.0 Å². The number of nitrogens with zero attached hydrogens (tertiary/aromatic N) is 1. The van der Waals surface area contributed by atoms with Gasteiger partial charge in [-0.15, -0.1) is 0 Å². The summed E-state index contributed by atoms with van der Waals surface area (Å²) in [5, 5.41) is 0. The third kappa shape index (κ3) is 4.75. The van der Waals surface area contributed by atoms with Crippen LogP contribution in [0.5, 0.6) is 5.75 Å². The van der Waals surface area contributed by atoms with Crippen LogP contribution in [0.4, 0.5) is 0 Å². The Kier molecular flexibility index (Phi) is 5.57. The standard InChI is InChI=1S/C19H33BN2O3/c1-13(2)11-19(8,21)12-23-15-9-10-16(22-14(15)3)20-24-17(4,5)18(6,7)25-20/h9-10,13H,11-12,21H2,1-8H3. The van der Waals surface area contributed by atoms with Gasteiger partial charge in [0.15, 0.2) is 0 Å². The average molecular weight is 348 g/mol. The van der Waals surface area contributed by atoms with Crippen molar-refractivity contribution in [1.29, 1.82) is 0 Å². The SMILES string of the molecule is Cc1nc(B2OC(C)(C)C(C)(C)O2)ccc1OCC(C)(N)CC(C)C. The van der Waals surface area contributed by atoms with Crippen LogP contribution in [0.25, 0.3) is 0 Å². The number of hydrogen-bond donors (Lipinski definition) is 1. The second-order valence-electron chi connectivity index (χ2n) is 8.95. The van der Waals surface area contributed by atoms with E-state index in [1.54, 1.807) is 0 Å². The van der Waals surface area contributed by atoms with E-state index in [1.165, 1.54) is 0 Å². The molecule has 5 nitrogen and oxygen atoms in total. The van der Waals surface area contributed by atoms with Gasteiger partial charge in [-0.3, -0.25) is 4.98 Å². The van der Waals surface area contributed by atoms with Gasteiger partial charge in [0.25, 0.3) is 0 Å². The van der Waals surface area contributed by atoms with E-state index in [9.17, 15) is 0 Å². The van der Waals surface area contributed by atoms with E-state index in [4.69, 9.17) is 19.8 Å². The zero-order chi connectivity index (χ0) is 19.0. The van der Waals surface area contributed by atoms with Crippen LogP contribution in [0, 0.1) is 12.8 Å². The highest BCUT2D eigenvalue weighted by Gasteiger charge is 2.52. The van der Waals surface area contributed by atoms with Crippen molar-refractivity contribution in [3.63, 3.8) is 0 Å². The number of aromatic nitrogens is 1. The molecule has 0 aliphatic carbocycles. The summed E-state index contributed by atoms with van der Waals surface area (Å²) >= 11 is 0. The number of aryl methyl sites for hydroxylation is 1. The second kappa shape index (κ2) is 6.90. The van der Waals surface area contributed by atoms with Crippen LogP contribution in [0.2, 0.25) is 0 Å². The number of nitrogens with two attached hydrogens (primary N) is 1. The lowest BCUT2D eigenvalue weighted by Crippen LogP contribution is -2.43. The molecular weight excluding hydrogens is 315 g/mol. The van der Waals surface area contributed by atoms with Crippen LogP contribution in [-0.4, -0.2) is 35.5 Å². The fourth-order valence-electron chi connectivity index (χ4n) is 3.05. The van der Waals surface area contributed by atoms with Crippen molar-refractivity contribution in [3.8, 4) is 5.75 Å². The van der Waals surface area contributed by atoms with Gasteiger partial charge < -0.3 is 19.8 Å². The smallest absolute Gasteiger partial charge is 0.490 e. The Labute approximate surface area is 152 Å². The topological polar surface area (TPSA) is 66.6 Å². The van der Waals surface area contributed by atoms with Crippen molar-refractivity contribution in [2.45, 2.75) is 78.6 Å². The minimum Gasteiger partial charge on any atom is -0.490 e. The van der Waals surface area contributed by atoms with Gasteiger partial charge in [0.05, 0.1) is 22.5 Å². The summed E-state index contributed by atoms with van der Waals surface area (Å²) in [7, 11) is -0.460. The molecule has 1 atom stereocenters. The van der Waals surface area contributed by atoms with Gasteiger partial charge >= 0.3 is 7.12 Å². The molecule has 0 spiro atoms. The van der Waals surface area contributed by atoms with Crippen molar-refractivity contribution in [2.24, 2.45) is 11.7 Å². The molecule has 1 aromatic rings. The van der Waals surface area contributed by atoms with E-state index in [0.717, 1.165) is 23.5 Å². The fourth-order valence-corrected chi connectivity index (χ4v) is 3.05. The summed E-state index contributed by atoms with van der Waals surface area (Å²) in [4.78, 5) is 4.63. The van der Waals surface area contributed by atoms with E-state index < -0.39 is 7.12 Å². The van der Waals surface area contributed by atoms with Crippen LogP contribution >= 0.6 is 0 Å². The van der Waals surface area contributed by atoms with Gasteiger partial charge in [-0.25, -0.2) is 0 Å². The zero-order valence-corrected chi connectivity index (χ0v) is 17.0. The maximum atomic E-state index is 6.32. The lowest BCUT2D eigenvalue weighted by atomic mass is 9.84. The third-order valence-corrected chi connectivity index (χ3v) is 4.99. The van der Waals surface area contributed by atoms with Crippen molar-refractivity contribution in [1.82, 2.24) is 4.98 Å². The maximum absolute atomic E-state index is 6.32. The second-order valence-corrected chi connectivity index (χ2v) is 8.95. The predicted octanol–water partition coefficient (Wildman–Crippen LogP) is 2.83. The third-order valence-electron chi connectivity index (χ3n) is 4.99. The summed E-state index contributed by atoms with van der Waals surface area (Å²) in [5.41, 5.74) is 6.79. The highest BCUT2D eigenvalue weighted by atomic mass is 16.7. The number of ether oxygens (including phenoxy) is 1. The predicted molar refractivity (Wildman–Crippen MR) is 102 cm³/mol. The summed E-state index contributed by atoms with van der Waals surface area (Å²) in [6, 6.07) is 3.83. The Morgan fingerprint density at radius 2 is 1.76 bits per heavy atom. The van der Waals surface area contributed by atoms with Crippen molar-refractivity contribution in [2.75, 3.05) is 6.61 Å². The zero-order valence-electron chi connectivity index (χ0n) is 17.0. The Balaban J connectivity index is 2.07. The molecule has 1 fully saturated rings. The Morgan fingerprint density at radius 3 is 2.24 bits per heavy atom. The molecule has 140 valence electrons. The number of rotatable bonds is 6. The van der Waals surface area contributed by atoms with Gasteiger partial charge in [0.1, 0.15) is 12.4 Å². The normalized spacial score (nSPS) is 21.4. The molecule has 0 radical (unpaired) electrons. The molecule has 1 aromatic heterocycles. The molecule has 1 aliphatic rings. The molecule has 25 heavy (non-hydrogen) atoms. The van der Waals surface area contributed by atoms with Crippen LogP contribution in [-0.2, 0) is 9.31 Å². The lowest BCUT2D eigenvalue weighted by molar-refractivity contribution is 0.00578. The molecule has 0 bridgehead atoms. The molecule has 1 aliphatic heterocycles. The first-order valence-electron chi connectivity index (χ1n) is 9.08. The van der Waals surface area contributed by atoms with Gasteiger partial charge in [0.2, 0.25) is 0 Å². The van der Waals surface area contributed by atoms with Crippen molar-refractivity contribution >= 4 is 12.7 Å². The van der Waals surface area contributed by atoms with E-state index in [-0.39, 0.29) is 16.7 Å². The summed E-state index contributed by atoms with van der Waals surface area (Å²) < 4.78 is 18.0. The van der Waals surface area contributed by atoms with Crippen LogP contribution in [0.1, 0.15) is 60.6 Å². The first-order chi connectivity index (χ1) is 11.3. The first-order valence-corrected chi connectivity index (χ1v) is 9.08. The number of pyridine rings is 1. The molecule has 2 N–H and O–H groups in total. The summed E-state index contributed by atoms with van der Waals surface area (Å²) in [6.45, 7) is 16.9. The largest absolute Gasteiger partial charge is 0.514 e. The lowest BCUT2D eigenvalue weighted by Gasteiger charge is -2.32. The number of hydrogen-bond acceptors (Lipinski definition) is 5. The van der Waals surface area contributed by atoms with Crippen molar-refractivity contribution < 1.29 is 14.0 Å². The van der Waals surface area contributed by atoms with Gasteiger partial charge in [-0.2, -0.15) is 0 Å². The first kappa shape index (κ1) is 20.2. The van der Waals surface area contributed by atoms with Gasteiger partial charge in [-0.1, -0.05) is 13.8 Å². The van der Waals surface area contributed by atoms with Crippen LogP contribution < -0.4 is 16.1 Å². The van der Waals surface area contributed by atoms with E-state index in [2.05, 4.69) is 18.8 Å². The van der Waals surface area contributed by atoms with Crippen LogP contribution in [0.15, 0.2) is 12.1 Å². The van der Waals surface area contributed by atoms with Crippen LogP contribution in [0.3, 0.4) is 0 Å². The highest BCUT2D eigenvalue weighted by Crippen LogP contribution is 2.36. The minimum absolute atomic E-state index is 0.356. The molecular formula is C19H33BN2O3. The van der Waals surface area contributed by atoms with E-state index in [0.29, 0.717) is 12.5 Å². The Morgan fingerprint density at radius 1 is 1.20 bits per heavy atom. The Hall–Kier alpha value is -1.11. The quantitative estimate of drug-likeness (QED) is 0.801. The molecule has 2 rings (SSSR count). The highest BCUT2D eigenvalue weighted by molar-refractivity contribution is 6.61. The maximum Gasteiger partial charge on any atom is 0.514 e. The molecule has 1 unspecified atom stereocenters. The molecule has 0 amide bonds. The molecule has 6 heteroatoms. The van der Waals surface area contributed by atoms with Crippen molar-refractivity contribution in [3.05, 3.63) is 17.8 Å². The minimum atomic E-state index is -0.460. The molecule has 0 saturated carbocycles. The van der Waals surface area contributed by atoms with E-state index in [1.807, 2.05) is 53.7 Å².